The van der Waals surface area contributed by atoms with Gasteiger partial charge >= 0.3 is 0 Å². The van der Waals surface area contributed by atoms with Crippen LogP contribution in [0.15, 0.2) is 105 Å². The van der Waals surface area contributed by atoms with Crippen molar-refractivity contribution >= 4 is 40.9 Å². The van der Waals surface area contributed by atoms with Crippen molar-refractivity contribution in [2.24, 2.45) is 0 Å². The molecule has 0 saturated carbocycles. The average molecular weight is 570 g/mol. The summed E-state index contributed by atoms with van der Waals surface area (Å²) in [5.74, 6) is 0.258. The van der Waals surface area contributed by atoms with Crippen LogP contribution < -0.4 is 20.1 Å². The number of carbonyl (C=O) groups excluding carboxylic acids is 3. The van der Waals surface area contributed by atoms with Crippen molar-refractivity contribution in [1.29, 1.82) is 0 Å². The highest BCUT2D eigenvalue weighted by Gasteiger charge is 2.40. The molecule has 208 valence electrons. The number of benzene rings is 3. The summed E-state index contributed by atoms with van der Waals surface area (Å²) in [4.78, 5) is 41.9. The number of methoxy groups -OCH3 is 2. The van der Waals surface area contributed by atoms with Crippen LogP contribution in [-0.4, -0.2) is 36.8 Å². The third-order valence-corrected chi connectivity index (χ3v) is 7.39. The van der Waals surface area contributed by atoms with Crippen LogP contribution >= 0.6 is 11.8 Å². The Balaban J connectivity index is 1.44. The zero-order chi connectivity index (χ0) is 28.9. The number of furan rings is 1. The highest BCUT2D eigenvalue weighted by atomic mass is 32.2. The molecule has 0 unspecified atom stereocenters. The lowest BCUT2D eigenvalue weighted by Crippen LogP contribution is -2.31. The molecule has 0 saturated heterocycles. The summed E-state index contributed by atoms with van der Waals surface area (Å²) in [7, 11) is 3.05. The van der Waals surface area contributed by atoms with Crippen molar-refractivity contribution in [1.82, 2.24) is 4.90 Å². The fraction of sp³-hybridized carbons (Fsp3) is 0.129. The number of thioether (sulfide) groups is 1. The lowest BCUT2D eigenvalue weighted by Gasteiger charge is -2.15. The van der Waals surface area contributed by atoms with Crippen molar-refractivity contribution in [3.8, 4) is 11.5 Å². The van der Waals surface area contributed by atoms with Gasteiger partial charge in [-0.3, -0.25) is 19.3 Å². The Kier molecular flexibility index (Phi) is 8.11. The third-order valence-electron chi connectivity index (χ3n) is 6.31. The molecular formula is C31H27N3O6S. The zero-order valence-corrected chi connectivity index (χ0v) is 23.4. The van der Waals surface area contributed by atoms with Gasteiger partial charge < -0.3 is 24.5 Å². The van der Waals surface area contributed by atoms with Gasteiger partial charge in [-0.05, 0) is 61.5 Å². The smallest absolute Gasteiger partial charge is 0.278 e. The Bertz CT molecular complexity index is 1630. The first-order valence-corrected chi connectivity index (χ1v) is 13.5. The van der Waals surface area contributed by atoms with E-state index in [1.54, 1.807) is 73.8 Å². The van der Waals surface area contributed by atoms with Crippen LogP contribution in [0.5, 0.6) is 11.5 Å². The van der Waals surface area contributed by atoms with E-state index >= 15 is 0 Å². The summed E-state index contributed by atoms with van der Waals surface area (Å²) in [5.41, 5.74) is 2.73. The topological polar surface area (TPSA) is 110 Å². The molecule has 0 spiro atoms. The van der Waals surface area contributed by atoms with Gasteiger partial charge in [-0.15, -0.1) is 0 Å². The van der Waals surface area contributed by atoms with E-state index in [4.69, 9.17) is 13.9 Å². The molecule has 3 amide bonds. The predicted molar refractivity (Wildman–Crippen MR) is 156 cm³/mol. The van der Waals surface area contributed by atoms with Gasteiger partial charge in [0, 0.05) is 22.2 Å². The number of ether oxygens (including phenoxy) is 2. The van der Waals surface area contributed by atoms with Gasteiger partial charge in [0.15, 0.2) is 0 Å². The van der Waals surface area contributed by atoms with E-state index in [9.17, 15) is 14.4 Å². The second-order valence-corrected chi connectivity index (χ2v) is 10.2. The summed E-state index contributed by atoms with van der Waals surface area (Å²) < 4.78 is 16.1. The SMILES string of the molecule is COc1ccc(NC2=C(Sc3cccc(NC(=O)c4ccc(C)cc4)c3)C(=O)N(Cc3ccco3)C2=O)c(OC)c1. The molecule has 4 aromatic rings. The van der Waals surface area contributed by atoms with Crippen molar-refractivity contribution in [2.45, 2.75) is 18.4 Å². The molecule has 9 nitrogen and oxygen atoms in total. The summed E-state index contributed by atoms with van der Waals surface area (Å²) in [6.07, 6.45) is 1.49. The molecule has 2 N–H and O–H groups in total. The van der Waals surface area contributed by atoms with Crippen LogP contribution in [-0.2, 0) is 16.1 Å². The molecule has 0 fully saturated rings. The lowest BCUT2D eigenvalue weighted by atomic mass is 10.1. The zero-order valence-electron chi connectivity index (χ0n) is 22.6. The number of aryl methyl sites for hydroxylation is 1. The first-order chi connectivity index (χ1) is 19.9. The predicted octanol–water partition coefficient (Wildman–Crippen LogP) is 5.84. The minimum Gasteiger partial charge on any atom is -0.497 e. The van der Waals surface area contributed by atoms with Crippen LogP contribution in [0, 0.1) is 6.92 Å². The minimum absolute atomic E-state index is 0.0215. The molecule has 0 aliphatic carbocycles. The first kappa shape index (κ1) is 27.6. The molecule has 1 aliphatic heterocycles. The lowest BCUT2D eigenvalue weighted by molar-refractivity contribution is -0.138. The maximum absolute atomic E-state index is 13.6. The first-order valence-electron chi connectivity index (χ1n) is 12.6. The van der Waals surface area contributed by atoms with E-state index in [0.717, 1.165) is 22.2 Å². The van der Waals surface area contributed by atoms with Gasteiger partial charge in [0.25, 0.3) is 17.7 Å². The average Bonchev–Trinajstić information content (AvgIpc) is 3.57. The van der Waals surface area contributed by atoms with Crippen LogP contribution in [0.1, 0.15) is 21.7 Å². The Morgan fingerprint density at radius 2 is 1.73 bits per heavy atom. The highest BCUT2D eigenvalue weighted by molar-refractivity contribution is 8.04. The largest absolute Gasteiger partial charge is 0.497 e. The molecule has 1 aliphatic rings. The van der Waals surface area contributed by atoms with E-state index < -0.39 is 11.8 Å². The summed E-state index contributed by atoms with van der Waals surface area (Å²) >= 11 is 1.12. The maximum Gasteiger partial charge on any atom is 0.278 e. The molecular weight excluding hydrogens is 542 g/mol. The second-order valence-electron chi connectivity index (χ2n) is 9.12. The van der Waals surface area contributed by atoms with Gasteiger partial charge in [-0.1, -0.05) is 35.5 Å². The fourth-order valence-electron chi connectivity index (χ4n) is 4.16. The van der Waals surface area contributed by atoms with Gasteiger partial charge in [-0.2, -0.15) is 0 Å². The molecule has 3 aromatic carbocycles. The van der Waals surface area contributed by atoms with Crippen LogP contribution in [0.4, 0.5) is 11.4 Å². The highest BCUT2D eigenvalue weighted by Crippen LogP contribution is 2.39. The van der Waals surface area contributed by atoms with E-state index in [1.807, 2.05) is 19.1 Å². The summed E-state index contributed by atoms with van der Waals surface area (Å²) in [6, 6.07) is 22.9. The number of imide groups is 1. The van der Waals surface area contributed by atoms with Crippen molar-refractivity contribution in [3.05, 3.63) is 113 Å². The number of anilines is 2. The molecule has 41 heavy (non-hydrogen) atoms. The number of nitrogens with one attached hydrogen (secondary N) is 2. The fourth-order valence-corrected chi connectivity index (χ4v) is 5.17. The molecule has 10 heteroatoms. The van der Waals surface area contributed by atoms with Gasteiger partial charge in [0.05, 0.1) is 32.7 Å². The Morgan fingerprint density at radius 3 is 2.44 bits per heavy atom. The molecule has 0 bridgehead atoms. The third kappa shape index (κ3) is 6.12. The van der Waals surface area contributed by atoms with Crippen LogP contribution in [0.3, 0.4) is 0 Å². The van der Waals surface area contributed by atoms with Gasteiger partial charge in [-0.25, -0.2) is 0 Å². The van der Waals surface area contributed by atoms with Crippen molar-refractivity contribution in [2.75, 3.05) is 24.9 Å². The van der Waals surface area contributed by atoms with E-state index in [2.05, 4.69) is 10.6 Å². The van der Waals surface area contributed by atoms with Crippen LogP contribution in [0.2, 0.25) is 0 Å². The summed E-state index contributed by atoms with van der Waals surface area (Å²) in [6.45, 7) is 1.93. The molecule has 0 radical (unpaired) electrons. The van der Waals surface area contributed by atoms with E-state index in [0.29, 0.717) is 39.1 Å². The standard InChI is InChI=1S/C31H27N3O6S/c1-19-9-11-20(12-10-19)29(35)32-21-6-4-8-24(16-21)41-28-27(33-25-14-13-22(38-2)17-26(25)39-3)30(36)34(31(28)37)18-23-7-5-15-40-23/h4-17,33H,18H2,1-3H3,(H,32,35). The van der Waals surface area contributed by atoms with Crippen molar-refractivity contribution in [3.63, 3.8) is 0 Å². The number of hydrogen-bond acceptors (Lipinski definition) is 8. The molecule has 5 rings (SSSR count). The molecule has 2 heterocycles. The molecule has 1 aromatic heterocycles. The minimum atomic E-state index is -0.504. The Morgan fingerprint density at radius 1 is 0.927 bits per heavy atom. The Hall–Kier alpha value is -4.96. The quantitative estimate of drug-likeness (QED) is 0.229. The van der Waals surface area contributed by atoms with Crippen LogP contribution in [0.25, 0.3) is 0 Å². The second kappa shape index (κ2) is 12.1. The van der Waals surface area contributed by atoms with E-state index in [1.165, 1.54) is 13.4 Å². The Labute approximate surface area is 241 Å². The number of amides is 3. The van der Waals surface area contributed by atoms with E-state index in [-0.39, 0.29) is 23.1 Å². The van der Waals surface area contributed by atoms with Gasteiger partial charge in [0.2, 0.25) is 0 Å². The molecule has 0 atom stereocenters. The summed E-state index contributed by atoms with van der Waals surface area (Å²) in [5, 5.41) is 6.00. The normalized spacial score (nSPS) is 13.0. The monoisotopic (exact) mass is 569 g/mol. The maximum atomic E-state index is 13.6. The number of carbonyl (C=O) groups is 3. The number of rotatable bonds is 10. The number of nitrogens with zero attached hydrogens (tertiary/aromatic N) is 1. The number of hydrogen-bond donors (Lipinski definition) is 2. The van der Waals surface area contributed by atoms with Crippen molar-refractivity contribution < 1.29 is 28.3 Å². The van der Waals surface area contributed by atoms with Gasteiger partial charge in [0.1, 0.15) is 27.9 Å².